The van der Waals surface area contributed by atoms with E-state index in [0.29, 0.717) is 11.3 Å². The number of nitrogens with one attached hydrogen (secondary N) is 1. The minimum absolute atomic E-state index is 0.385. The Kier molecular flexibility index (Phi) is 5.12. The van der Waals surface area contributed by atoms with Crippen molar-refractivity contribution in [1.29, 1.82) is 0 Å². The number of ether oxygens (including phenoxy) is 1. The van der Waals surface area contributed by atoms with Crippen LogP contribution in [-0.2, 0) is 0 Å². The molecule has 138 valence electrons. The van der Waals surface area contributed by atoms with Crippen LogP contribution in [0.4, 0.5) is 10.8 Å². The Balaban J connectivity index is 1.46. The number of aromatic nitrogens is 2. The van der Waals surface area contributed by atoms with Gasteiger partial charge < -0.3 is 10.1 Å². The van der Waals surface area contributed by atoms with Crippen molar-refractivity contribution in [2.75, 3.05) is 5.32 Å². The second-order valence-electron chi connectivity index (χ2n) is 6.16. The molecular formula is C22H17N3O2S. The molecule has 0 radical (unpaired) electrons. The molecule has 0 atom stereocenters. The molecule has 4 aromatic rings. The van der Waals surface area contributed by atoms with Crippen LogP contribution in [-0.4, -0.2) is 15.9 Å². The Bertz CT molecular complexity index is 1090. The molecule has 5 nitrogen and oxygen atoms in total. The highest BCUT2D eigenvalue weighted by molar-refractivity contribution is 7.14. The average molecular weight is 387 g/mol. The number of anilines is 2. The highest BCUT2D eigenvalue weighted by atomic mass is 32.1. The van der Waals surface area contributed by atoms with Crippen LogP contribution in [0.2, 0.25) is 0 Å². The Morgan fingerprint density at radius 1 is 1.00 bits per heavy atom. The molecule has 28 heavy (non-hydrogen) atoms. The lowest BCUT2D eigenvalue weighted by Gasteiger charge is -2.07. The second-order valence-corrected chi connectivity index (χ2v) is 7.02. The van der Waals surface area contributed by atoms with Crippen molar-refractivity contribution >= 4 is 28.1 Å². The van der Waals surface area contributed by atoms with Gasteiger partial charge in [0.1, 0.15) is 11.4 Å². The molecule has 0 amide bonds. The van der Waals surface area contributed by atoms with Gasteiger partial charge in [-0.25, -0.2) is 9.78 Å². The number of hydrogen-bond donors (Lipinski definition) is 1. The van der Waals surface area contributed by atoms with Crippen molar-refractivity contribution in [3.05, 3.63) is 89.4 Å². The third kappa shape index (κ3) is 4.24. The number of carbonyl (C=O) groups is 1. The minimum Gasteiger partial charge on any atom is -0.423 e. The molecule has 0 spiro atoms. The molecule has 0 bridgehead atoms. The maximum absolute atomic E-state index is 12.3. The number of thiazole rings is 1. The van der Waals surface area contributed by atoms with Gasteiger partial charge in [0, 0.05) is 23.3 Å². The first-order valence-corrected chi connectivity index (χ1v) is 9.58. The third-order valence-electron chi connectivity index (χ3n) is 4.01. The van der Waals surface area contributed by atoms with Crippen molar-refractivity contribution in [1.82, 2.24) is 9.97 Å². The molecule has 0 saturated carbocycles. The number of benzene rings is 2. The predicted molar refractivity (Wildman–Crippen MR) is 111 cm³/mol. The number of nitrogens with zero attached hydrogens (tertiary/aromatic N) is 2. The summed E-state index contributed by atoms with van der Waals surface area (Å²) in [5.74, 6) is 0.0842. The van der Waals surface area contributed by atoms with Gasteiger partial charge in [-0.2, -0.15) is 0 Å². The zero-order valence-corrected chi connectivity index (χ0v) is 15.9. The Morgan fingerprint density at radius 2 is 1.86 bits per heavy atom. The van der Waals surface area contributed by atoms with Crippen molar-refractivity contribution in [3.8, 4) is 17.1 Å². The van der Waals surface area contributed by atoms with Crippen LogP contribution in [0.3, 0.4) is 0 Å². The van der Waals surface area contributed by atoms with Gasteiger partial charge in [-0.1, -0.05) is 29.8 Å². The lowest BCUT2D eigenvalue weighted by atomic mass is 10.1. The normalized spacial score (nSPS) is 10.5. The molecule has 2 aromatic carbocycles. The number of rotatable bonds is 5. The Morgan fingerprint density at radius 3 is 2.64 bits per heavy atom. The molecule has 0 fully saturated rings. The van der Waals surface area contributed by atoms with Crippen molar-refractivity contribution in [2.24, 2.45) is 0 Å². The highest BCUT2D eigenvalue weighted by Gasteiger charge is 2.10. The average Bonchev–Trinajstić information content (AvgIpc) is 3.18. The molecule has 2 aromatic heterocycles. The molecule has 0 aliphatic rings. The van der Waals surface area contributed by atoms with E-state index < -0.39 is 0 Å². The van der Waals surface area contributed by atoms with Gasteiger partial charge in [0.2, 0.25) is 0 Å². The number of aryl methyl sites for hydroxylation is 1. The SMILES string of the molecule is Cc1ccc(C(=O)Oc2cccc(Nc3nc(-c4ccccn4)cs3)c2)cc1. The third-order valence-corrected chi connectivity index (χ3v) is 4.77. The highest BCUT2D eigenvalue weighted by Crippen LogP contribution is 2.27. The second kappa shape index (κ2) is 8.02. The smallest absolute Gasteiger partial charge is 0.343 e. The summed E-state index contributed by atoms with van der Waals surface area (Å²) in [6.45, 7) is 1.97. The first-order valence-electron chi connectivity index (χ1n) is 8.70. The largest absolute Gasteiger partial charge is 0.423 e. The van der Waals surface area contributed by atoms with Gasteiger partial charge in [-0.15, -0.1) is 11.3 Å². The van der Waals surface area contributed by atoms with E-state index in [4.69, 9.17) is 4.74 Å². The first-order chi connectivity index (χ1) is 13.7. The van der Waals surface area contributed by atoms with Crippen molar-refractivity contribution < 1.29 is 9.53 Å². The van der Waals surface area contributed by atoms with Crippen molar-refractivity contribution in [2.45, 2.75) is 6.92 Å². The maximum atomic E-state index is 12.3. The van der Waals surface area contributed by atoms with Gasteiger partial charge in [0.25, 0.3) is 0 Å². The molecule has 4 rings (SSSR count). The van der Waals surface area contributed by atoms with Crippen LogP contribution in [0.25, 0.3) is 11.4 Å². The van der Waals surface area contributed by atoms with E-state index in [2.05, 4.69) is 15.3 Å². The standard InChI is InChI=1S/C22H17N3O2S/c1-15-8-10-16(11-9-15)21(26)27-18-6-4-5-17(13-18)24-22-25-20(14-28-22)19-7-2-3-12-23-19/h2-14H,1H3,(H,24,25). The van der Waals surface area contributed by atoms with Crippen LogP contribution >= 0.6 is 11.3 Å². The van der Waals surface area contributed by atoms with E-state index in [1.165, 1.54) is 11.3 Å². The zero-order chi connectivity index (χ0) is 19.3. The van der Waals surface area contributed by atoms with E-state index in [-0.39, 0.29) is 5.97 Å². The molecule has 0 unspecified atom stereocenters. The quantitative estimate of drug-likeness (QED) is 0.363. The van der Waals surface area contributed by atoms with Crippen LogP contribution in [0.1, 0.15) is 15.9 Å². The van der Waals surface area contributed by atoms with Crippen LogP contribution in [0.5, 0.6) is 5.75 Å². The molecule has 0 saturated heterocycles. The van der Waals surface area contributed by atoms with Gasteiger partial charge in [-0.05, 0) is 43.3 Å². The lowest BCUT2D eigenvalue weighted by Crippen LogP contribution is -2.08. The summed E-state index contributed by atoms with van der Waals surface area (Å²) in [5, 5.41) is 5.93. The fourth-order valence-electron chi connectivity index (χ4n) is 2.58. The molecular weight excluding hydrogens is 370 g/mol. The summed E-state index contributed by atoms with van der Waals surface area (Å²) in [6.07, 6.45) is 1.74. The van der Waals surface area contributed by atoms with Crippen molar-refractivity contribution in [3.63, 3.8) is 0 Å². The van der Waals surface area contributed by atoms with E-state index in [0.717, 1.165) is 27.8 Å². The van der Waals surface area contributed by atoms with E-state index in [9.17, 15) is 4.79 Å². The minimum atomic E-state index is -0.385. The summed E-state index contributed by atoms with van der Waals surface area (Å²) in [7, 11) is 0. The van der Waals surface area contributed by atoms with Crippen LogP contribution in [0.15, 0.2) is 78.3 Å². The van der Waals surface area contributed by atoms with Gasteiger partial charge in [-0.3, -0.25) is 4.98 Å². The topological polar surface area (TPSA) is 64.1 Å². The number of pyridine rings is 1. The maximum Gasteiger partial charge on any atom is 0.343 e. The van der Waals surface area contributed by atoms with E-state index in [1.807, 2.05) is 54.8 Å². The molecule has 6 heteroatoms. The fourth-order valence-corrected chi connectivity index (χ4v) is 3.30. The molecule has 1 N–H and O–H groups in total. The zero-order valence-electron chi connectivity index (χ0n) is 15.1. The Hall–Kier alpha value is -3.51. The predicted octanol–water partition coefficient (Wildman–Crippen LogP) is 5.48. The van der Waals surface area contributed by atoms with Gasteiger partial charge in [0.15, 0.2) is 5.13 Å². The lowest BCUT2D eigenvalue weighted by molar-refractivity contribution is 0.0735. The first kappa shape index (κ1) is 17.9. The van der Waals surface area contributed by atoms with Gasteiger partial charge >= 0.3 is 5.97 Å². The molecule has 0 aliphatic heterocycles. The van der Waals surface area contributed by atoms with E-state index >= 15 is 0 Å². The van der Waals surface area contributed by atoms with Crippen LogP contribution < -0.4 is 10.1 Å². The number of carbonyl (C=O) groups excluding carboxylic acids is 1. The summed E-state index contributed by atoms with van der Waals surface area (Å²) in [4.78, 5) is 21.2. The summed E-state index contributed by atoms with van der Waals surface area (Å²) < 4.78 is 5.49. The number of esters is 1. The van der Waals surface area contributed by atoms with E-state index in [1.54, 1.807) is 30.5 Å². The summed E-state index contributed by atoms with van der Waals surface area (Å²) in [5.41, 5.74) is 4.04. The fraction of sp³-hybridized carbons (Fsp3) is 0.0455. The number of hydrogen-bond acceptors (Lipinski definition) is 6. The summed E-state index contributed by atoms with van der Waals surface area (Å²) in [6, 6.07) is 20.3. The van der Waals surface area contributed by atoms with Crippen LogP contribution in [0, 0.1) is 6.92 Å². The summed E-state index contributed by atoms with van der Waals surface area (Å²) >= 11 is 1.49. The molecule has 2 heterocycles. The monoisotopic (exact) mass is 387 g/mol. The van der Waals surface area contributed by atoms with Gasteiger partial charge in [0.05, 0.1) is 11.3 Å². The molecule has 0 aliphatic carbocycles. The Labute approximate surface area is 166 Å².